The Kier molecular flexibility index (Phi) is 4.73. The largest absolute Gasteiger partial charge is 0.389 e. The smallest absolute Gasteiger partial charge is 0.300 e. The van der Waals surface area contributed by atoms with Crippen molar-refractivity contribution in [2.24, 2.45) is 11.0 Å². The van der Waals surface area contributed by atoms with Gasteiger partial charge in [-0.3, -0.25) is 5.01 Å². The van der Waals surface area contributed by atoms with E-state index in [4.69, 9.17) is 0 Å². The Bertz CT molecular complexity index is 488. The number of halogens is 4. The maximum absolute atomic E-state index is 12.5. The van der Waals surface area contributed by atoms with Gasteiger partial charge in [0.15, 0.2) is 0 Å². The van der Waals surface area contributed by atoms with Crippen LogP contribution in [0.5, 0.6) is 0 Å². The highest BCUT2D eigenvalue weighted by molar-refractivity contribution is 9.10. The molecule has 1 aromatic carbocycles. The molecule has 0 radical (unpaired) electrons. The third-order valence-corrected chi connectivity index (χ3v) is 4.21. The van der Waals surface area contributed by atoms with E-state index in [0.29, 0.717) is 6.54 Å². The van der Waals surface area contributed by atoms with E-state index in [0.717, 1.165) is 10.0 Å². The fourth-order valence-electron chi connectivity index (χ4n) is 2.53. The number of nitrogens with zero attached hydrogens (tertiary/aromatic N) is 2. The van der Waals surface area contributed by atoms with E-state index in [1.165, 1.54) is 0 Å². The van der Waals surface area contributed by atoms with E-state index >= 15 is 0 Å². The SMILES string of the molecule is CN1CC(C(CCC(F)(F)F)c2ccccc2Br)C=N1. The number of alkyl halides is 3. The van der Waals surface area contributed by atoms with Gasteiger partial charge in [-0.2, -0.15) is 18.3 Å². The molecule has 1 aliphatic rings. The van der Waals surface area contributed by atoms with Crippen molar-refractivity contribution in [2.75, 3.05) is 13.6 Å². The lowest BCUT2D eigenvalue weighted by atomic mass is 9.83. The van der Waals surface area contributed by atoms with Crippen LogP contribution in [0.15, 0.2) is 33.8 Å². The molecule has 1 aliphatic heterocycles. The summed E-state index contributed by atoms with van der Waals surface area (Å²) in [6.45, 7) is 0.657. The summed E-state index contributed by atoms with van der Waals surface area (Å²) in [4.78, 5) is 0. The zero-order chi connectivity index (χ0) is 14.8. The molecule has 2 rings (SSSR count). The highest BCUT2D eigenvalue weighted by atomic mass is 79.9. The first-order valence-electron chi connectivity index (χ1n) is 6.43. The minimum atomic E-state index is -4.12. The van der Waals surface area contributed by atoms with Crippen molar-refractivity contribution in [2.45, 2.75) is 24.9 Å². The summed E-state index contributed by atoms with van der Waals surface area (Å²) in [7, 11) is 1.83. The van der Waals surface area contributed by atoms with Crippen molar-refractivity contribution in [3.05, 3.63) is 34.3 Å². The van der Waals surface area contributed by atoms with Crippen molar-refractivity contribution in [3.63, 3.8) is 0 Å². The zero-order valence-corrected chi connectivity index (χ0v) is 12.7. The molecule has 0 saturated carbocycles. The summed E-state index contributed by atoms with van der Waals surface area (Å²) in [5, 5.41) is 5.92. The van der Waals surface area contributed by atoms with Gasteiger partial charge in [-0.05, 0) is 24.0 Å². The molecule has 0 spiro atoms. The van der Waals surface area contributed by atoms with Gasteiger partial charge in [0.2, 0.25) is 0 Å². The van der Waals surface area contributed by atoms with E-state index in [2.05, 4.69) is 21.0 Å². The zero-order valence-electron chi connectivity index (χ0n) is 11.1. The first kappa shape index (κ1) is 15.4. The average molecular weight is 349 g/mol. The number of rotatable bonds is 4. The van der Waals surface area contributed by atoms with Crippen molar-refractivity contribution in [3.8, 4) is 0 Å². The van der Waals surface area contributed by atoms with Gasteiger partial charge in [0, 0.05) is 36.6 Å². The Morgan fingerprint density at radius 3 is 2.65 bits per heavy atom. The Labute approximate surface area is 124 Å². The van der Waals surface area contributed by atoms with E-state index in [-0.39, 0.29) is 18.3 Å². The van der Waals surface area contributed by atoms with Gasteiger partial charge in [-0.25, -0.2) is 0 Å². The van der Waals surface area contributed by atoms with E-state index in [1.54, 1.807) is 11.2 Å². The van der Waals surface area contributed by atoms with Crippen LogP contribution in [-0.2, 0) is 0 Å². The average Bonchev–Trinajstić information content (AvgIpc) is 2.77. The van der Waals surface area contributed by atoms with E-state index < -0.39 is 12.6 Å². The first-order chi connectivity index (χ1) is 9.37. The second-order valence-corrected chi connectivity index (χ2v) is 5.90. The summed E-state index contributed by atoms with van der Waals surface area (Å²) in [5.41, 5.74) is 0.920. The normalized spacial score (nSPS) is 20.4. The number of benzene rings is 1. The highest BCUT2D eigenvalue weighted by Gasteiger charge is 2.33. The van der Waals surface area contributed by atoms with Crippen LogP contribution in [0.25, 0.3) is 0 Å². The van der Waals surface area contributed by atoms with E-state index in [9.17, 15) is 13.2 Å². The molecule has 1 heterocycles. The second kappa shape index (κ2) is 6.16. The molecule has 0 saturated heterocycles. The maximum atomic E-state index is 12.5. The monoisotopic (exact) mass is 348 g/mol. The van der Waals surface area contributed by atoms with Gasteiger partial charge in [0.1, 0.15) is 0 Å². The molecule has 2 atom stereocenters. The predicted molar refractivity (Wildman–Crippen MR) is 76.8 cm³/mol. The lowest BCUT2D eigenvalue weighted by Gasteiger charge is -2.24. The van der Waals surface area contributed by atoms with Gasteiger partial charge in [0.05, 0.1) is 0 Å². The minimum absolute atomic E-state index is 0.0149. The molecule has 1 aromatic rings. The highest BCUT2D eigenvalue weighted by Crippen LogP contribution is 2.38. The van der Waals surface area contributed by atoms with Crippen LogP contribution >= 0.6 is 15.9 Å². The van der Waals surface area contributed by atoms with E-state index in [1.807, 2.05) is 31.3 Å². The summed E-state index contributed by atoms with van der Waals surface area (Å²) >= 11 is 3.44. The van der Waals surface area contributed by atoms with Crippen molar-refractivity contribution in [1.29, 1.82) is 0 Å². The van der Waals surface area contributed by atoms with Gasteiger partial charge < -0.3 is 0 Å². The third kappa shape index (κ3) is 3.98. The second-order valence-electron chi connectivity index (χ2n) is 5.05. The summed E-state index contributed by atoms with van der Waals surface area (Å²) in [5.74, 6) is -0.165. The number of hydrogen-bond donors (Lipinski definition) is 0. The molecule has 2 nitrogen and oxygen atoms in total. The minimum Gasteiger partial charge on any atom is -0.300 e. The number of hydrazone groups is 1. The summed E-state index contributed by atoms with van der Waals surface area (Å²) in [6, 6.07) is 7.47. The molecule has 0 bridgehead atoms. The molecule has 20 heavy (non-hydrogen) atoms. The maximum Gasteiger partial charge on any atom is 0.389 e. The molecule has 110 valence electrons. The molecule has 0 N–H and O–H groups in total. The van der Waals surface area contributed by atoms with Gasteiger partial charge in [0.25, 0.3) is 0 Å². The Morgan fingerprint density at radius 1 is 1.40 bits per heavy atom. The van der Waals surface area contributed by atoms with Crippen LogP contribution in [0.3, 0.4) is 0 Å². The Morgan fingerprint density at radius 2 is 2.10 bits per heavy atom. The Balaban J connectivity index is 2.20. The van der Waals surface area contributed by atoms with Crippen LogP contribution in [0.1, 0.15) is 24.3 Å². The third-order valence-electron chi connectivity index (χ3n) is 3.49. The van der Waals surface area contributed by atoms with Crippen LogP contribution < -0.4 is 0 Å². The molecular formula is C14H16BrF3N2. The molecule has 0 fully saturated rings. The first-order valence-corrected chi connectivity index (χ1v) is 7.22. The quantitative estimate of drug-likeness (QED) is 0.786. The standard InChI is InChI=1S/C14H16BrF3N2/c1-20-9-10(8-19-20)11(6-7-14(16,17)18)12-4-2-3-5-13(12)15/h2-5,8,10-11H,6-7,9H2,1H3. The summed E-state index contributed by atoms with van der Waals surface area (Å²) < 4.78 is 38.5. The number of hydrogen-bond acceptors (Lipinski definition) is 2. The van der Waals surface area contributed by atoms with Crippen molar-refractivity contribution in [1.82, 2.24) is 5.01 Å². The molecule has 0 aromatic heterocycles. The summed E-state index contributed by atoms with van der Waals surface area (Å²) in [6.07, 6.45) is -3.05. The fourth-order valence-corrected chi connectivity index (χ4v) is 3.10. The molecule has 0 aliphatic carbocycles. The van der Waals surface area contributed by atoms with Gasteiger partial charge in [-0.15, -0.1) is 0 Å². The lowest BCUT2D eigenvalue weighted by Crippen LogP contribution is -2.22. The lowest BCUT2D eigenvalue weighted by molar-refractivity contribution is -0.136. The Hall–Kier alpha value is -1.04. The molecule has 2 unspecified atom stereocenters. The van der Waals surface area contributed by atoms with Crippen LogP contribution in [0, 0.1) is 5.92 Å². The van der Waals surface area contributed by atoms with Gasteiger partial charge >= 0.3 is 6.18 Å². The van der Waals surface area contributed by atoms with Gasteiger partial charge in [-0.1, -0.05) is 34.1 Å². The van der Waals surface area contributed by atoms with Crippen molar-refractivity contribution >= 4 is 22.1 Å². The fraction of sp³-hybridized carbons (Fsp3) is 0.500. The van der Waals surface area contributed by atoms with Crippen LogP contribution in [0.2, 0.25) is 0 Å². The topological polar surface area (TPSA) is 15.6 Å². The van der Waals surface area contributed by atoms with Crippen LogP contribution in [0.4, 0.5) is 13.2 Å². The molecule has 0 amide bonds. The molecule has 6 heteroatoms. The van der Waals surface area contributed by atoms with Crippen LogP contribution in [-0.4, -0.2) is 31.0 Å². The molecular weight excluding hydrogens is 333 g/mol. The predicted octanol–water partition coefficient (Wildman–Crippen LogP) is 4.42. The van der Waals surface area contributed by atoms with Crippen molar-refractivity contribution < 1.29 is 13.2 Å².